The van der Waals surface area contributed by atoms with Crippen LogP contribution >= 0.6 is 0 Å². The van der Waals surface area contributed by atoms with Gasteiger partial charge in [0.15, 0.2) is 0 Å². The molecule has 1 fully saturated rings. The molecule has 0 aliphatic carbocycles. The van der Waals surface area contributed by atoms with E-state index in [-0.39, 0.29) is 0 Å². The summed E-state index contributed by atoms with van der Waals surface area (Å²) in [6.45, 7) is 4.26. The third-order valence-corrected chi connectivity index (χ3v) is 4.09. The number of nitrogen functional groups attached to an aromatic ring is 2. The molecule has 5 heteroatoms. The average Bonchev–Trinajstić information content (AvgIpc) is 2.52. The molecule has 0 spiro atoms. The lowest BCUT2D eigenvalue weighted by Gasteiger charge is -2.34. The topological polar surface area (TPSA) is 70.5 Å². The largest absolute Gasteiger partial charge is 0.399 e. The van der Waals surface area contributed by atoms with Crippen molar-refractivity contribution >= 4 is 28.4 Å². The number of anilines is 5. The van der Waals surface area contributed by atoms with E-state index in [0.717, 1.165) is 48.9 Å². The van der Waals surface area contributed by atoms with Crippen molar-refractivity contribution in [3.63, 3.8) is 0 Å². The van der Waals surface area contributed by atoms with Crippen molar-refractivity contribution in [1.29, 1.82) is 0 Å². The Morgan fingerprint density at radius 2 is 1.59 bits per heavy atom. The average molecular weight is 297 g/mol. The first kappa shape index (κ1) is 14.5. The van der Waals surface area contributed by atoms with E-state index in [1.54, 1.807) is 0 Å². The second-order valence-electron chi connectivity index (χ2n) is 5.81. The van der Waals surface area contributed by atoms with Crippen molar-refractivity contribution < 1.29 is 0 Å². The van der Waals surface area contributed by atoms with E-state index >= 15 is 0 Å². The van der Waals surface area contributed by atoms with Crippen molar-refractivity contribution in [3.05, 3.63) is 42.5 Å². The Labute approximate surface area is 131 Å². The molecule has 0 saturated carbocycles. The second-order valence-corrected chi connectivity index (χ2v) is 5.81. The fourth-order valence-corrected chi connectivity index (χ4v) is 2.64. The standard InChI is InChI=1S/C17H23N5/c1-21-8-10-22(11-9-21)15-6-7-16(19)17(12-15)20-14-4-2-13(18)3-5-14/h2-7,12,20H,8-11,18-19H2,1H3. The number of hydrogen-bond acceptors (Lipinski definition) is 5. The van der Waals surface area contributed by atoms with Gasteiger partial charge in [0.2, 0.25) is 0 Å². The molecule has 0 radical (unpaired) electrons. The minimum atomic E-state index is 0.745. The summed E-state index contributed by atoms with van der Waals surface area (Å²) in [5, 5.41) is 3.37. The maximum atomic E-state index is 6.10. The Balaban J connectivity index is 1.79. The molecule has 1 aliphatic heterocycles. The summed E-state index contributed by atoms with van der Waals surface area (Å²) in [5.41, 5.74) is 16.4. The Kier molecular flexibility index (Phi) is 4.06. The van der Waals surface area contributed by atoms with Crippen molar-refractivity contribution in [3.8, 4) is 0 Å². The fraction of sp³-hybridized carbons (Fsp3) is 0.294. The van der Waals surface area contributed by atoms with Crippen LogP contribution in [0.2, 0.25) is 0 Å². The summed E-state index contributed by atoms with van der Waals surface area (Å²) in [6, 6.07) is 13.8. The van der Waals surface area contributed by atoms with Crippen LogP contribution in [0, 0.1) is 0 Å². The van der Waals surface area contributed by atoms with Gasteiger partial charge in [0.05, 0.1) is 11.4 Å². The van der Waals surface area contributed by atoms with Crippen molar-refractivity contribution in [1.82, 2.24) is 4.90 Å². The second kappa shape index (κ2) is 6.15. The third kappa shape index (κ3) is 3.26. The first-order valence-corrected chi connectivity index (χ1v) is 7.57. The molecule has 2 aromatic carbocycles. The van der Waals surface area contributed by atoms with Crippen LogP contribution in [-0.4, -0.2) is 38.1 Å². The molecule has 1 aliphatic rings. The first-order valence-electron chi connectivity index (χ1n) is 7.57. The van der Waals surface area contributed by atoms with E-state index in [1.807, 2.05) is 30.3 Å². The van der Waals surface area contributed by atoms with Crippen LogP contribution in [-0.2, 0) is 0 Å². The lowest BCUT2D eigenvalue weighted by Crippen LogP contribution is -2.44. The lowest BCUT2D eigenvalue weighted by atomic mass is 10.2. The van der Waals surface area contributed by atoms with Crippen molar-refractivity contribution in [2.24, 2.45) is 0 Å². The molecule has 0 amide bonds. The van der Waals surface area contributed by atoms with E-state index in [0.29, 0.717) is 0 Å². The number of benzene rings is 2. The highest BCUT2D eigenvalue weighted by Crippen LogP contribution is 2.29. The number of likely N-dealkylation sites (N-methyl/N-ethyl adjacent to an activating group) is 1. The maximum Gasteiger partial charge on any atom is 0.0638 e. The minimum absolute atomic E-state index is 0.745. The van der Waals surface area contributed by atoms with Gasteiger partial charge in [-0.05, 0) is 49.5 Å². The molecular formula is C17H23N5. The summed E-state index contributed by atoms with van der Waals surface area (Å²) >= 11 is 0. The molecule has 116 valence electrons. The molecule has 0 aromatic heterocycles. The van der Waals surface area contributed by atoms with Gasteiger partial charge in [-0.25, -0.2) is 0 Å². The highest BCUT2D eigenvalue weighted by Gasteiger charge is 2.15. The molecule has 2 aromatic rings. The van der Waals surface area contributed by atoms with E-state index in [4.69, 9.17) is 11.5 Å². The lowest BCUT2D eigenvalue weighted by molar-refractivity contribution is 0.313. The smallest absolute Gasteiger partial charge is 0.0638 e. The maximum absolute atomic E-state index is 6.10. The molecule has 22 heavy (non-hydrogen) atoms. The van der Waals surface area contributed by atoms with Crippen LogP contribution in [0.4, 0.5) is 28.4 Å². The van der Waals surface area contributed by atoms with Gasteiger partial charge in [-0.3, -0.25) is 0 Å². The normalized spacial score (nSPS) is 15.8. The first-order chi connectivity index (χ1) is 10.6. The molecular weight excluding hydrogens is 274 g/mol. The Morgan fingerprint density at radius 3 is 2.27 bits per heavy atom. The predicted molar refractivity (Wildman–Crippen MR) is 94.7 cm³/mol. The highest BCUT2D eigenvalue weighted by molar-refractivity contribution is 5.77. The van der Waals surface area contributed by atoms with E-state index in [2.05, 4.69) is 34.3 Å². The van der Waals surface area contributed by atoms with Crippen LogP contribution in [0.1, 0.15) is 0 Å². The summed E-state index contributed by atoms with van der Waals surface area (Å²) in [5.74, 6) is 0. The minimum Gasteiger partial charge on any atom is -0.399 e. The van der Waals surface area contributed by atoms with E-state index < -0.39 is 0 Å². The number of rotatable bonds is 3. The Bertz CT molecular complexity index is 630. The van der Waals surface area contributed by atoms with Gasteiger partial charge in [0.1, 0.15) is 0 Å². The molecule has 0 bridgehead atoms. The molecule has 3 rings (SSSR count). The van der Waals surface area contributed by atoms with Gasteiger partial charge in [0.25, 0.3) is 0 Å². The van der Waals surface area contributed by atoms with Crippen LogP contribution in [0.25, 0.3) is 0 Å². The summed E-state index contributed by atoms with van der Waals surface area (Å²) in [6.07, 6.45) is 0. The zero-order chi connectivity index (χ0) is 15.5. The van der Waals surface area contributed by atoms with Crippen LogP contribution < -0.4 is 21.7 Å². The van der Waals surface area contributed by atoms with Crippen LogP contribution in [0.15, 0.2) is 42.5 Å². The predicted octanol–water partition coefficient (Wildman–Crippen LogP) is 2.35. The Morgan fingerprint density at radius 1 is 0.909 bits per heavy atom. The SMILES string of the molecule is CN1CCN(c2ccc(N)c(Nc3ccc(N)cc3)c2)CC1. The van der Waals surface area contributed by atoms with E-state index in [1.165, 1.54) is 5.69 Å². The summed E-state index contributed by atoms with van der Waals surface area (Å²) in [7, 11) is 2.16. The zero-order valence-corrected chi connectivity index (χ0v) is 12.9. The van der Waals surface area contributed by atoms with E-state index in [9.17, 15) is 0 Å². The molecule has 0 atom stereocenters. The number of nitrogens with one attached hydrogen (secondary N) is 1. The van der Waals surface area contributed by atoms with Gasteiger partial charge < -0.3 is 26.6 Å². The molecule has 1 saturated heterocycles. The van der Waals surface area contributed by atoms with Gasteiger partial charge in [-0.1, -0.05) is 0 Å². The quantitative estimate of drug-likeness (QED) is 0.759. The third-order valence-electron chi connectivity index (χ3n) is 4.09. The summed E-state index contributed by atoms with van der Waals surface area (Å²) < 4.78 is 0. The Hall–Kier alpha value is -2.40. The fourth-order valence-electron chi connectivity index (χ4n) is 2.64. The van der Waals surface area contributed by atoms with Crippen molar-refractivity contribution in [2.45, 2.75) is 0 Å². The van der Waals surface area contributed by atoms with Gasteiger partial charge in [-0.15, -0.1) is 0 Å². The van der Waals surface area contributed by atoms with Crippen LogP contribution in [0.3, 0.4) is 0 Å². The van der Waals surface area contributed by atoms with Gasteiger partial charge in [0, 0.05) is 43.2 Å². The zero-order valence-electron chi connectivity index (χ0n) is 12.9. The number of nitrogens with two attached hydrogens (primary N) is 2. The molecule has 5 nitrogen and oxygen atoms in total. The summed E-state index contributed by atoms with van der Waals surface area (Å²) in [4.78, 5) is 4.74. The number of nitrogens with zero attached hydrogens (tertiary/aromatic N) is 2. The van der Waals surface area contributed by atoms with Crippen molar-refractivity contribution in [2.75, 3.05) is 54.9 Å². The van der Waals surface area contributed by atoms with Crippen LogP contribution in [0.5, 0.6) is 0 Å². The molecule has 0 unspecified atom stereocenters. The van der Waals surface area contributed by atoms with Gasteiger partial charge >= 0.3 is 0 Å². The van der Waals surface area contributed by atoms with Gasteiger partial charge in [-0.2, -0.15) is 0 Å². The molecule has 5 N–H and O–H groups in total. The number of piperazine rings is 1. The highest BCUT2D eigenvalue weighted by atomic mass is 15.2. The number of hydrogen-bond donors (Lipinski definition) is 3. The monoisotopic (exact) mass is 297 g/mol. The molecule has 1 heterocycles.